The van der Waals surface area contributed by atoms with E-state index in [0.29, 0.717) is 16.6 Å². The summed E-state index contributed by atoms with van der Waals surface area (Å²) in [7, 11) is -2.12. The monoisotopic (exact) mass is 307 g/mol. The van der Waals surface area contributed by atoms with E-state index in [2.05, 4.69) is 41.5 Å². The molecular formula is C17H26FNOSi. The van der Waals surface area contributed by atoms with E-state index in [1.165, 1.54) is 0 Å². The van der Waals surface area contributed by atoms with Gasteiger partial charge in [0.15, 0.2) is 14.2 Å². The number of phenolic OH excluding ortho intramolecular Hbond substituents is 1. The van der Waals surface area contributed by atoms with Crippen molar-refractivity contribution in [2.75, 3.05) is 0 Å². The molecule has 0 aliphatic heterocycles. The lowest BCUT2D eigenvalue weighted by Crippen LogP contribution is -2.52. The minimum Gasteiger partial charge on any atom is -0.508 e. The molecule has 1 heterocycles. The molecule has 2 rings (SSSR count). The van der Waals surface area contributed by atoms with E-state index in [0.717, 1.165) is 10.9 Å². The van der Waals surface area contributed by atoms with Crippen molar-refractivity contribution in [1.29, 1.82) is 0 Å². The van der Waals surface area contributed by atoms with Crippen LogP contribution in [0, 0.1) is 5.95 Å². The highest BCUT2D eigenvalue weighted by Crippen LogP contribution is 2.45. The van der Waals surface area contributed by atoms with Gasteiger partial charge in [0, 0.05) is 10.9 Å². The summed E-state index contributed by atoms with van der Waals surface area (Å²) in [5.74, 6) is 0.0175. The highest BCUT2D eigenvalue weighted by molar-refractivity contribution is 6.82. The van der Waals surface area contributed by atoms with Gasteiger partial charge in [-0.1, -0.05) is 41.5 Å². The largest absolute Gasteiger partial charge is 0.508 e. The van der Waals surface area contributed by atoms with Crippen LogP contribution in [-0.2, 0) is 0 Å². The predicted molar refractivity (Wildman–Crippen MR) is 90.0 cm³/mol. The standard InChI is InChI=1S/C17H26FNOSi/c1-11(2)21(12(3)4,13(5)6)19-16-8-7-15(20)9-14(16)10-17(19)18/h7-13,20H,1-6H3. The summed E-state index contributed by atoms with van der Waals surface area (Å²) in [6, 6.07) is 6.71. The minimum atomic E-state index is -2.12. The first kappa shape index (κ1) is 16.1. The Morgan fingerprint density at radius 2 is 1.48 bits per heavy atom. The Labute approximate surface area is 127 Å². The molecule has 0 spiro atoms. The first-order valence-corrected chi connectivity index (χ1v) is 9.91. The second-order valence-corrected chi connectivity index (χ2v) is 12.6. The van der Waals surface area contributed by atoms with Gasteiger partial charge in [0.2, 0.25) is 0 Å². The van der Waals surface area contributed by atoms with Crippen LogP contribution >= 0.6 is 0 Å². The van der Waals surface area contributed by atoms with Gasteiger partial charge in [-0.05, 0) is 40.9 Å². The third kappa shape index (κ3) is 2.29. The molecule has 0 radical (unpaired) electrons. The van der Waals surface area contributed by atoms with Crippen LogP contribution in [0.4, 0.5) is 4.39 Å². The van der Waals surface area contributed by atoms with E-state index in [1.807, 2.05) is 10.3 Å². The second-order valence-electron chi connectivity index (χ2n) is 6.90. The van der Waals surface area contributed by atoms with Gasteiger partial charge >= 0.3 is 0 Å². The van der Waals surface area contributed by atoms with Gasteiger partial charge in [-0.2, -0.15) is 4.39 Å². The van der Waals surface area contributed by atoms with Crippen LogP contribution in [0.2, 0.25) is 16.6 Å². The molecule has 1 N–H and O–H groups in total. The van der Waals surface area contributed by atoms with Crippen molar-refractivity contribution in [2.24, 2.45) is 0 Å². The van der Waals surface area contributed by atoms with Gasteiger partial charge in [0.1, 0.15) is 5.75 Å². The quantitative estimate of drug-likeness (QED) is 0.740. The molecule has 2 nitrogen and oxygen atoms in total. The molecule has 1 aromatic carbocycles. The van der Waals surface area contributed by atoms with E-state index >= 15 is 0 Å². The Morgan fingerprint density at radius 3 is 1.95 bits per heavy atom. The Kier molecular flexibility index (Phi) is 4.20. The molecule has 0 fully saturated rings. The Hall–Kier alpha value is -1.29. The maximum Gasteiger partial charge on any atom is 0.186 e. The van der Waals surface area contributed by atoms with E-state index in [-0.39, 0.29) is 11.7 Å². The maximum absolute atomic E-state index is 14.8. The normalized spacial score (nSPS) is 13.0. The summed E-state index contributed by atoms with van der Waals surface area (Å²) >= 11 is 0. The van der Waals surface area contributed by atoms with Crippen molar-refractivity contribution in [3.05, 3.63) is 30.2 Å². The van der Waals surface area contributed by atoms with Crippen LogP contribution in [0.3, 0.4) is 0 Å². The summed E-state index contributed by atoms with van der Waals surface area (Å²) in [5.41, 5.74) is 2.19. The van der Waals surface area contributed by atoms with Gasteiger partial charge < -0.3 is 9.34 Å². The number of fused-ring (bicyclic) bond motifs is 1. The molecule has 0 unspecified atom stereocenters. The van der Waals surface area contributed by atoms with Crippen molar-refractivity contribution in [3.63, 3.8) is 0 Å². The lowest BCUT2D eigenvalue weighted by molar-refractivity contribution is 0.476. The summed E-state index contributed by atoms with van der Waals surface area (Å²) in [6.45, 7) is 13.3. The van der Waals surface area contributed by atoms with E-state index < -0.39 is 8.24 Å². The molecule has 4 heteroatoms. The molecule has 0 aliphatic carbocycles. The van der Waals surface area contributed by atoms with Gasteiger partial charge in [-0.3, -0.25) is 0 Å². The summed E-state index contributed by atoms with van der Waals surface area (Å²) in [6.07, 6.45) is 0. The van der Waals surface area contributed by atoms with E-state index in [1.54, 1.807) is 18.2 Å². The predicted octanol–water partition coefficient (Wildman–Crippen LogP) is 5.51. The van der Waals surface area contributed by atoms with E-state index in [4.69, 9.17) is 0 Å². The highest BCUT2D eigenvalue weighted by Gasteiger charge is 2.47. The molecule has 1 aromatic heterocycles. The van der Waals surface area contributed by atoms with Gasteiger partial charge in [-0.25, -0.2) is 0 Å². The van der Waals surface area contributed by atoms with Crippen LogP contribution in [0.25, 0.3) is 10.9 Å². The van der Waals surface area contributed by atoms with Crippen molar-refractivity contribution in [1.82, 2.24) is 4.23 Å². The number of hydrogen-bond acceptors (Lipinski definition) is 1. The topological polar surface area (TPSA) is 25.2 Å². The van der Waals surface area contributed by atoms with Gasteiger partial charge in [-0.15, -0.1) is 0 Å². The average Bonchev–Trinajstić information content (AvgIpc) is 2.65. The van der Waals surface area contributed by atoms with Crippen molar-refractivity contribution in [2.45, 2.75) is 58.2 Å². The second kappa shape index (κ2) is 5.48. The van der Waals surface area contributed by atoms with Crippen LogP contribution in [-0.4, -0.2) is 17.6 Å². The third-order valence-electron chi connectivity index (χ3n) is 4.90. The number of phenols is 1. The van der Waals surface area contributed by atoms with Crippen molar-refractivity contribution in [3.8, 4) is 5.75 Å². The zero-order chi connectivity index (χ0) is 15.9. The van der Waals surface area contributed by atoms with Gasteiger partial charge in [0.05, 0.1) is 0 Å². The fourth-order valence-electron chi connectivity index (χ4n) is 4.34. The van der Waals surface area contributed by atoms with Crippen LogP contribution < -0.4 is 0 Å². The first-order chi connectivity index (χ1) is 9.72. The minimum absolute atomic E-state index is 0.168. The Balaban J connectivity index is 2.86. The molecule has 0 bridgehead atoms. The average molecular weight is 307 g/mol. The number of aromatic nitrogens is 1. The number of halogens is 1. The maximum atomic E-state index is 14.8. The van der Waals surface area contributed by atoms with Gasteiger partial charge in [0.25, 0.3) is 0 Å². The SMILES string of the molecule is CC(C)[Si](C(C)C)(C(C)C)n1c(F)cc2cc(O)ccc21. The van der Waals surface area contributed by atoms with Crippen LogP contribution in [0.5, 0.6) is 5.75 Å². The molecule has 0 saturated carbocycles. The van der Waals surface area contributed by atoms with E-state index in [9.17, 15) is 9.50 Å². The first-order valence-electron chi connectivity index (χ1n) is 7.73. The number of hydrogen-bond donors (Lipinski definition) is 1. The highest BCUT2D eigenvalue weighted by atomic mass is 28.3. The lowest BCUT2D eigenvalue weighted by Gasteiger charge is -2.44. The lowest BCUT2D eigenvalue weighted by atomic mass is 10.2. The number of rotatable bonds is 4. The zero-order valence-corrected chi connectivity index (χ0v) is 14.8. The Morgan fingerprint density at radius 1 is 0.952 bits per heavy atom. The third-order valence-corrected chi connectivity index (χ3v) is 11.7. The Bertz CT molecular complexity index is 624. The van der Waals surface area contributed by atoms with Crippen molar-refractivity contribution < 1.29 is 9.50 Å². The number of nitrogens with zero attached hydrogens (tertiary/aromatic N) is 1. The summed E-state index contributed by atoms with van der Waals surface area (Å²) in [5, 5.41) is 10.4. The number of benzene rings is 1. The molecule has 2 aromatic rings. The van der Waals surface area contributed by atoms with Crippen LogP contribution in [0.1, 0.15) is 41.5 Å². The fourth-order valence-corrected chi connectivity index (χ4v) is 10.9. The molecule has 116 valence electrons. The molecule has 21 heavy (non-hydrogen) atoms. The molecule has 0 aliphatic rings. The summed E-state index contributed by atoms with van der Waals surface area (Å²) < 4.78 is 16.8. The number of aromatic hydroxyl groups is 1. The molecule has 0 atom stereocenters. The zero-order valence-electron chi connectivity index (χ0n) is 13.8. The summed E-state index contributed by atoms with van der Waals surface area (Å²) in [4.78, 5) is 0. The smallest absolute Gasteiger partial charge is 0.186 e. The van der Waals surface area contributed by atoms with Crippen LogP contribution in [0.15, 0.2) is 24.3 Å². The molecule has 0 saturated heterocycles. The molecular weight excluding hydrogens is 281 g/mol. The fraction of sp³-hybridized carbons (Fsp3) is 0.529. The van der Waals surface area contributed by atoms with Crippen molar-refractivity contribution >= 4 is 19.1 Å². The molecule has 0 amide bonds.